The summed E-state index contributed by atoms with van der Waals surface area (Å²) in [6.07, 6.45) is 1.07. The van der Waals surface area contributed by atoms with Crippen LogP contribution in [0.3, 0.4) is 0 Å². The summed E-state index contributed by atoms with van der Waals surface area (Å²) in [5.74, 6) is -0.823. The Bertz CT molecular complexity index is 1170. The fraction of sp³-hybridized carbons (Fsp3) is 0.143. The van der Waals surface area contributed by atoms with Gasteiger partial charge in [0.2, 0.25) is 5.28 Å². The average Bonchev–Trinajstić information content (AvgIpc) is 3.09. The second kappa shape index (κ2) is 7.54. The number of hydrogen-bond donors (Lipinski definition) is 0. The van der Waals surface area contributed by atoms with Crippen molar-refractivity contribution in [1.82, 2.24) is 14.9 Å². The Labute approximate surface area is 170 Å². The van der Waals surface area contributed by atoms with Crippen LogP contribution in [0.25, 0.3) is 31.8 Å². The Morgan fingerprint density at radius 2 is 1.89 bits per heavy atom. The van der Waals surface area contributed by atoms with E-state index >= 15 is 0 Å². The maximum Gasteiger partial charge on any atom is 0.223 e. The van der Waals surface area contributed by atoms with Crippen molar-refractivity contribution >= 4 is 33.0 Å². The quantitative estimate of drug-likeness (QED) is 0.382. The third-order valence-corrected chi connectivity index (χ3v) is 5.71. The summed E-state index contributed by atoms with van der Waals surface area (Å²) in [5, 5.41) is 0.930. The molecule has 2 aromatic carbocycles. The highest BCUT2D eigenvalue weighted by molar-refractivity contribution is 7.22. The molecule has 0 N–H and O–H groups in total. The van der Waals surface area contributed by atoms with Gasteiger partial charge in [-0.15, -0.1) is 11.3 Å². The predicted octanol–water partition coefficient (Wildman–Crippen LogP) is 6.02. The molecule has 0 fully saturated rings. The van der Waals surface area contributed by atoms with Crippen molar-refractivity contribution in [2.75, 3.05) is 14.1 Å². The molecule has 4 aromatic rings. The van der Waals surface area contributed by atoms with Crippen LogP contribution >= 0.6 is 22.9 Å². The molecule has 0 bridgehead atoms. The van der Waals surface area contributed by atoms with E-state index in [9.17, 15) is 8.78 Å². The van der Waals surface area contributed by atoms with Crippen molar-refractivity contribution in [2.45, 2.75) is 6.54 Å². The molecule has 3 nitrogen and oxygen atoms in total. The summed E-state index contributed by atoms with van der Waals surface area (Å²) in [5.41, 5.74) is 2.92. The molecule has 0 radical (unpaired) electrons. The van der Waals surface area contributed by atoms with Crippen LogP contribution in [0, 0.1) is 11.6 Å². The largest absolute Gasteiger partial charge is 0.305 e. The molecule has 0 aliphatic rings. The van der Waals surface area contributed by atoms with E-state index in [-0.39, 0.29) is 16.8 Å². The number of thiophene rings is 1. The molecule has 0 aliphatic heterocycles. The normalized spacial score (nSPS) is 11.5. The third-order valence-electron chi connectivity index (χ3n) is 4.34. The van der Waals surface area contributed by atoms with Crippen LogP contribution in [0.5, 0.6) is 0 Å². The first-order valence-corrected chi connectivity index (χ1v) is 9.76. The van der Waals surface area contributed by atoms with E-state index in [2.05, 4.69) is 9.97 Å². The van der Waals surface area contributed by atoms with E-state index in [4.69, 9.17) is 11.6 Å². The van der Waals surface area contributed by atoms with Crippen molar-refractivity contribution in [3.8, 4) is 21.7 Å². The lowest BCUT2D eigenvalue weighted by molar-refractivity contribution is 0.403. The van der Waals surface area contributed by atoms with Gasteiger partial charge in [-0.3, -0.25) is 0 Å². The fourth-order valence-electron chi connectivity index (χ4n) is 3.19. The lowest BCUT2D eigenvalue weighted by atomic mass is 9.98. The highest BCUT2D eigenvalue weighted by atomic mass is 35.5. The van der Waals surface area contributed by atoms with Crippen LogP contribution in [0.15, 0.2) is 48.7 Å². The summed E-state index contributed by atoms with van der Waals surface area (Å²) in [7, 11) is 3.94. The van der Waals surface area contributed by atoms with Gasteiger partial charge in [0, 0.05) is 11.2 Å². The number of nitrogens with zero attached hydrogens (tertiary/aromatic N) is 3. The Hall–Kier alpha value is -2.41. The monoisotopic (exact) mass is 415 g/mol. The minimum absolute atomic E-state index is 0.00696. The number of halogens is 3. The molecule has 0 aliphatic carbocycles. The molecule has 7 heteroatoms. The highest BCUT2D eigenvalue weighted by Crippen LogP contribution is 2.40. The summed E-state index contributed by atoms with van der Waals surface area (Å²) in [4.78, 5) is 10.4. The van der Waals surface area contributed by atoms with E-state index in [1.807, 2.05) is 49.3 Å². The molecule has 2 heterocycles. The van der Waals surface area contributed by atoms with Gasteiger partial charge in [-0.25, -0.2) is 18.7 Å². The van der Waals surface area contributed by atoms with E-state index < -0.39 is 5.82 Å². The minimum atomic E-state index is -0.531. The molecular weight excluding hydrogens is 400 g/mol. The number of rotatable bonds is 4. The summed E-state index contributed by atoms with van der Waals surface area (Å²) in [6, 6.07) is 12.5. The number of hydrogen-bond acceptors (Lipinski definition) is 4. The van der Waals surface area contributed by atoms with Gasteiger partial charge in [-0.05, 0) is 66.0 Å². The van der Waals surface area contributed by atoms with Gasteiger partial charge in [-0.1, -0.05) is 24.3 Å². The first-order valence-electron chi connectivity index (χ1n) is 8.57. The second-order valence-electron chi connectivity index (χ2n) is 6.71. The molecule has 0 saturated carbocycles. The second-order valence-corrected chi connectivity index (χ2v) is 8.10. The third kappa shape index (κ3) is 3.63. The summed E-state index contributed by atoms with van der Waals surface area (Å²) >= 11 is 7.25. The number of aromatic nitrogens is 2. The maximum absolute atomic E-state index is 14.2. The van der Waals surface area contributed by atoms with E-state index in [0.29, 0.717) is 11.4 Å². The van der Waals surface area contributed by atoms with Crippen molar-refractivity contribution in [3.05, 3.63) is 71.1 Å². The van der Waals surface area contributed by atoms with Gasteiger partial charge in [0.15, 0.2) is 5.82 Å². The smallest absolute Gasteiger partial charge is 0.223 e. The van der Waals surface area contributed by atoms with Crippen molar-refractivity contribution in [3.63, 3.8) is 0 Å². The molecule has 0 atom stereocenters. The SMILES string of the molecule is CN(C)Cc1ccc(F)cc1-c1cccc2cc(-c3nc(Cl)ncc3F)sc12. The number of benzene rings is 2. The summed E-state index contributed by atoms with van der Waals surface area (Å²) < 4.78 is 29.2. The van der Waals surface area contributed by atoms with Crippen LogP contribution in [-0.2, 0) is 6.54 Å². The topological polar surface area (TPSA) is 29.0 Å². The molecule has 0 unspecified atom stereocenters. The Morgan fingerprint density at radius 1 is 1.07 bits per heavy atom. The number of fused-ring (bicyclic) bond motifs is 1. The van der Waals surface area contributed by atoms with Crippen LogP contribution in [-0.4, -0.2) is 29.0 Å². The standard InChI is InChI=1S/C21H16ClF2N3S/c1-27(2)11-13-6-7-14(23)9-16(13)15-5-3-4-12-8-18(28-20(12)15)19-17(24)10-25-21(22)26-19/h3-10H,11H2,1-2H3. The molecule has 28 heavy (non-hydrogen) atoms. The van der Waals surface area contributed by atoms with Crippen molar-refractivity contribution < 1.29 is 8.78 Å². The van der Waals surface area contributed by atoms with Crippen LogP contribution < -0.4 is 0 Å². The minimum Gasteiger partial charge on any atom is -0.305 e. The molecule has 4 rings (SSSR count). The van der Waals surface area contributed by atoms with Crippen LogP contribution in [0.1, 0.15) is 5.56 Å². The Kier molecular flexibility index (Phi) is 5.10. The van der Waals surface area contributed by atoms with Gasteiger partial charge in [-0.2, -0.15) is 0 Å². The predicted molar refractivity (Wildman–Crippen MR) is 111 cm³/mol. The molecule has 142 valence electrons. The zero-order valence-corrected chi connectivity index (χ0v) is 16.8. The van der Waals surface area contributed by atoms with Gasteiger partial charge in [0.1, 0.15) is 11.5 Å². The van der Waals surface area contributed by atoms with Gasteiger partial charge in [0.05, 0.1) is 11.1 Å². The van der Waals surface area contributed by atoms with E-state index in [1.54, 1.807) is 6.07 Å². The molecule has 2 aromatic heterocycles. The van der Waals surface area contributed by atoms with Gasteiger partial charge in [0.25, 0.3) is 0 Å². The molecular formula is C21H16ClF2N3S. The van der Waals surface area contributed by atoms with Crippen LogP contribution in [0.2, 0.25) is 5.28 Å². The van der Waals surface area contributed by atoms with Crippen LogP contribution in [0.4, 0.5) is 8.78 Å². The van der Waals surface area contributed by atoms with Crippen molar-refractivity contribution in [2.24, 2.45) is 0 Å². The average molecular weight is 416 g/mol. The fourth-order valence-corrected chi connectivity index (χ4v) is 4.50. The molecule has 0 amide bonds. The first kappa shape index (κ1) is 18.9. The maximum atomic E-state index is 14.2. The lowest BCUT2D eigenvalue weighted by Crippen LogP contribution is -2.11. The van der Waals surface area contributed by atoms with Gasteiger partial charge >= 0.3 is 0 Å². The molecule has 0 spiro atoms. The lowest BCUT2D eigenvalue weighted by Gasteiger charge is -2.15. The zero-order valence-electron chi connectivity index (χ0n) is 15.2. The van der Waals surface area contributed by atoms with E-state index in [1.165, 1.54) is 17.4 Å². The van der Waals surface area contributed by atoms with Crippen molar-refractivity contribution in [1.29, 1.82) is 0 Å². The summed E-state index contributed by atoms with van der Waals surface area (Å²) in [6.45, 7) is 0.681. The highest BCUT2D eigenvalue weighted by Gasteiger charge is 2.16. The first-order chi connectivity index (χ1) is 13.4. The van der Waals surface area contributed by atoms with E-state index in [0.717, 1.165) is 33.0 Å². The Morgan fingerprint density at radius 3 is 2.68 bits per heavy atom. The molecule has 0 saturated heterocycles. The Balaban J connectivity index is 1.92. The van der Waals surface area contributed by atoms with Gasteiger partial charge < -0.3 is 4.90 Å². The zero-order chi connectivity index (χ0) is 19.8.